The highest BCUT2D eigenvalue weighted by atomic mass is 35.5. The predicted molar refractivity (Wildman–Crippen MR) is 99.2 cm³/mol. The normalized spacial score (nSPS) is 11.3. The van der Waals surface area contributed by atoms with Gasteiger partial charge in [-0.1, -0.05) is 37.3 Å². The van der Waals surface area contributed by atoms with Crippen LogP contribution < -0.4 is 17.0 Å². The summed E-state index contributed by atoms with van der Waals surface area (Å²) in [6.07, 6.45) is 0.668. The van der Waals surface area contributed by atoms with E-state index in [0.717, 1.165) is 5.56 Å². The topological polar surface area (TPSA) is 87.8 Å². The lowest BCUT2D eigenvalue weighted by atomic mass is 10.2. The number of fused-ring (bicyclic) bond motifs is 1. The third kappa shape index (κ3) is 3.07. The average molecular weight is 362 g/mol. The molecule has 8 heteroatoms. The number of anilines is 1. The van der Waals surface area contributed by atoms with Crippen molar-refractivity contribution in [1.82, 2.24) is 18.9 Å². The van der Waals surface area contributed by atoms with Crippen molar-refractivity contribution in [1.29, 1.82) is 0 Å². The van der Waals surface area contributed by atoms with E-state index in [1.807, 2.05) is 37.3 Å². The molecule has 0 aliphatic carbocycles. The number of halogens is 1. The van der Waals surface area contributed by atoms with Gasteiger partial charge in [0.2, 0.25) is 0 Å². The van der Waals surface area contributed by atoms with Crippen molar-refractivity contribution in [3.63, 3.8) is 0 Å². The molecule has 132 valence electrons. The van der Waals surface area contributed by atoms with Crippen molar-refractivity contribution in [3.8, 4) is 0 Å². The lowest BCUT2D eigenvalue weighted by molar-refractivity contribution is 0.577. The van der Waals surface area contributed by atoms with E-state index in [1.54, 1.807) is 0 Å². The molecule has 0 aliphatic heterocycles. The number of benzene rings is 1. The van der Waals surface area contributed by atoms with Gasteiger partial charge in [0.25, 0.3) is 5.56 Å². The fourth-order valence-corrected chi connectivity index (χ4v) is 3.05. The summed E-state index contributed by atoms with van der Waals surface area (Å²) in [6.45, 7) is 2.94. The lowest BCUT2D eigenvalue weighted by Crippen LogP contribution is -2.40. The zero-order valence-electron chi connectivity index (χ0n) is 14.0. The first kappa shape index (κ1) is 17.3. The second kappa shape index (κ2) is 7.14. The van der Waals surface area contributed by atoms with E-state index < -0.39 is 5.56 Å². The highest BCUT2D eigenvalue weighted by Crippen LogP contribution is 2.17. The van der Waals surface area contributed by atoms with Crippen molar-refractivity contribution < 1.29 is 0 Å². The van der Waals surface area contributed by atoms with Crippen LogP contribution in [-0.2, 0) is 19.6 Å². The van der Waals surface area contributed by atoms with Crippen LogP contribution in [0.25, 0.3) is 11.0 Å². The standard InChI is InChI=1S/C17H20ClN5O2/c1-2-9-21-16(24)13-14(19)23(10-8-18)20-15(13)22(17(21)25)11-12-6-4-3-5-7-12/h3-7H,2,8-11,19H2,1H3. The van der Waals surface area contributed by atoms with Crippen LogP contribution in [0.4, 0.5) is 5.82 Å². The molecule has 0 spiro atoms. The third-order valence-corrected chi connectivity index (χ3v) is 4.25. The highest BCUT2D eigenvalue weighted by molar-refractivity contribution is 6.17. The smallest absolute Gasteiger partial charge is 0.333 e. The van der Waals surface area contributed by atoms with Crippen LogP contribution in [0, 0.1) is 0 Å². The minimum Gasteiger partial charge on any atom is -0.383 e. The second-order valence-electron chi connectivity index (χ2n) is 5.81. The predicted octanol–water partition coefficient (Wildman–Crippen LogP) is 1.64. The molecule has 2 aromatic heterocycles. The number of hydrogen-bond donors (Lipinski definition) is 1. The monoisotopic (exact) mass is 361 g/mol. The minimum absolute atomic E-state index is 0.243. The van der Waals surface area contributed by atoms with Crippen LogP contribution >= 0.6 is 11.6 Å². The summed E-state index contributed by atoms with van der Waals surface area (Å²) < 4.78 is 4.22. The van der Waals surface area contributed by atoms with E-state index in [0.29, 0.717) is 37.6 Å². The summed E-state index contributed by atoms with van der Waals surface area (Å²) >= 11 is 5.79. The molecule has 0 bridgehead atoms. The van der Waals surface area contributed by atoms with Crippen molar-refractivity contribution in [2.75, 3.05) is 11.6 Å². The molecule has 3 rings (SSSR count). The maximum Gasteiger partial charge on any atom is 0.333 e. The Hall–Kier alpha value is -2.54. The Bertz CT molecular complexity index is 1000. The summed E-state index contributed by atoms with van der Waals surface area (Å²) in [5, 5.41) is 4.65. The molecule has 2 N–H and O–H groups in total. The van der Waals surface area contributed by atoms with Gasteiger partial charge in [-0.05, 0) is 12.0 Å². The molecule has 25 heavy (non-hydrogen) atoms. The Labute approximate surface area is 149 Å². The molecule has 2 heterocycles. The zero-order chi connectivity index (χ0) is 18.0. The van der Waals surface area contributed by atoms with Crippen LogP contribution in [0.3, 0.4) is 0 Å². The third-order valence-electron chi connectivity index (χ3n) is 4.08. The molecule has 0 unspecified atom stereocenters. The number of aryl methyl sites for hydroxylation is 1. The summed E-state index contributed by atoms with van der Waals surface area (Å²) in [6, 6.07) is 9.56. The van der Waals surface area contributed by atoms with Gasteiger partial charge >= 0.3 is 5.69 Å². The Morgan fingerprint density at radius 1 is 1.12 bits per heavy atom. The van der Waals surface area contributed by atoms with E-state index in [1.165, 1.54) is 13.8 Å². The van der Waals surface area contributed by atoms with Crippen molar-refractivity contribution >= 4 is 28.5 Å². The number of hydrogen-bond acceptors (Lipinski definition) is 4. The van der Waals surface area contributed by atoms with Gasteiger partial charge in [-0.3, -0.25) is 13.9 Å². The molecule has 7 nitrogen and oxygen atoms in total. The van der Waals surface area contributed by atoms with Gasteiger partial charge in [-0.15, -0.1) is 11.6 Å². The molecule has 1 aromatic carbocycles. The number of aromatic nitrogens is 4. The highest BCUT2D eigenvalue weighted by Gasteiger charge is 2.20. The van der Waals surface area contributed by atoms with E-state index in [-0.39, 0.29) is 16.9 Å². The number of nitrogens with zero attached hydrogens (tertiary/aromatic N) is 4. The maximum absolute atomic E-state index is 12.9. The Morgan fingerprint density at radius 2 is 1.84 bits per heavy atom. The molecular formula is C17H20ClN5O2. The quantitative estimate of drug-likeness (QED) is 0.676. The first-order valence-electron chi connectivity index (χ1n) is 8.18. The first-order valence-corrected chi connectivity index (χ1v) is 8.71. The van der Waals surface area contributed by atoms with E-state index in [9.17, 15) is 9.59 Å². The molecular weight excluding hydrogens is 342 g/mol. The summed E-state index contributed by atoms with van der Waals surface area (Å²) in [5.41, 5.74) is 6.58. The van der Waals surface area contributed by atoms with Crippen molar-refractivity contribution in [2.24, 2.45) is 0 Å². The molecule has 0 fully saturated rings. The summed E-state index contributed by atoms with van der Waals surface area (Å²) in [7, 11) is 0. The summed E-state index contributed by atoms with van der Waals surface area (Å²) in [4.78, 5) is 25.7. The second-order valence-corrected chi connectivity index (χ2v) is 6.19. The number of nitrogen functional groups attached to an aromatic ring is 1. The Kier molecular flexibility index (Phi) is 4.94. The molecule has 0 saturated heterocycles. The minimum atomic E-state index is -0.399. The van der Waals surface area contributed by atoms with Gasteiger partial charge in [0.1, 0.15) is 11.2 Å². The molecule has 0 aliphatic rings. The fraction of sp³-hybridized carbons (Fsp3) is 0.353. The van der Waals surface area contributed by atoms with Crippen LogP contribution in [0.2, 0.25) is 0 Å². The van der Waals surface area contributed by atoms with E-state index in [4.69, 9.17) is 17.3 Å². The van der Waals surface area contributed by atoms with Crippen molar-refractivity contribution in [2.45, 2.75) is 33.0 Å². The maximum atomic E-state index is 12.9. The molecule has 3 aromatic rings. The van der Waals surface area contributed by atoms with Gasteiger partial charge < -0.3 is 5.73 Å². The molecule has 0 atom stereocenters. The number of alkyl halides is 1. The van der Waals surface area contributed by atoms with Gasteiger partial charge in [0.15, 0.2) is 5.65 Å². The Morgan fingerprint density at radius 3 is 2.48 bits per heavy atom. The van der Waals surface area contributed by atoms with Gasteiger partial charge in [0.05, 0.1) is 13.1 Å². The van der Waals surface area contributed by atoms with E-state index >= 15 is 0 Å². The average Bonchev–Trinajstić information content (AvgIpc) is 2.93. The SMILES string of the molecule is CCCn1c(=O)c2c(N)n(CCCl)nc2n(Cc2ccccc2)c1=O. The lowest BCUT2D eigenvalue weighted by Gasteiger charge is -2.10. The Balaban J connectivity index is 2.31. The molecule has 0 saturated carbocycles. The van der Waals surface area contributed by atoms with Crippen molar-refractivity contribution in [3.05, 3.63) is 56.7 Å². The van der Waals surface area contributed by atoms with E-state index in [2.05, 4.69) is 5.10 Å². The first-order chi connectivity index (χ1) is 12.1. The van der Waals surface area contributed by atoms with Gasteiger partial charge in [-0.2, -0.15) is 5.10 Å². The number of nitrogens with two attached hydrogens (primary N) is 1. The van der Waals surface area contributed by atoms with Gasteiger partial charge in [-0.25, -0.2) is 9.48 Å². The molecule has 0 radical (unpaired) electrons. The molecule has 0 amide bonds. The van der Waals surface area contributed by atoms with Crippen LogP contribution in [0.15, 0.2) is 39.9 Å². The van der Waals surface area contributed by atoms with Crippen LogP contribution in [0.1, 0.15) is 18.9 Å². The van der Waals surface area contributed by atoms with Crippen LogP contribution in [0.5, 0.6) is 0 Å². The fourth-order valence-electron chi connectivity index (χ4n) is 2.89. The largest absolute Gasteiger partial charge is 0.383 e. The van der Waals surface area contributed by atoms with Crippen LogP contribution in [-0.4, -0.2) is 24.8 Å². The van der Waals surface area contributed by atoms with Gasteiger partial charge in [0, 0.05) is 12.4 Å². The summed E-state index contributed by atoms with van der Waals surface area (Å²) in [5.74, 6) is 0.553. The zero-order valence-corrected chi connectivity index (χ0v) is 14.7. The number of rotatable bonds is 6.